The number of hydrogen-bond donors (Lipinski definition) is 4. The average Bonchev–Trinajstić information content (AvgIpc) is 2.78. The summed E-state index contributed by atoms with van der Waals surface area (Å²) in [5.41, 5.74) is 2.09. The van der Waals surface area contributed by atoms with Crippen molar-refractivity contribution in [3.63, 3.8) is 0 Å². The Labute approximate surface area is 131 Å². The summed E-state index contributed by atoms with van der Waals surface area (Å²) >= 11 is 0. The van der Waals surface area contributed by atoms with E-state index in [2.05, 4.69) is 4.98 Å². The Hall–Kier alpha value is -2.01. The fourth-order valence-corrected chi connectivity index (χ4v) is 2.38. The quantitative estimate of drug-likeness (QED) is 0.430. The number of rotatable bonds is 5. The summed E-state index contributed by atoms with van der Waals surface area (Å²) in [6.07, 6.45) is -3.11. The molecule has 5 N–H and O–H groups in total. The number of carbonyl (C=O) groups excluding carboxylic acids is 1. The minimum atomic E-state index is -2.35. The van der Waals surface area contributed by atoms with Crippen molar-refractivity contribution in [3.8, 4) is 0 Å². The number of aliphatic hydroxyl groups excluding tert-OH is 3. The molecule has 10 nitrogen and oxygen atoms in total. The van der Waals surface area contributed by atoms with Gasteiger partial charge >= 0.3 is 11.7 Å². The molecule has 1 aliphatic rings. The molecular formula is C13H19N3O7. The molecule has 1 fully saturated rings. The summed E-state index contributed by atoms with van der Waals surface area (Å²) in [5.74, 6) is -1.16. The molecule has 128 valence electrons. The third-order valence-corrected chi connectivity index (χ3v) is 3.53. The molecule has 0 aromatic carbocycles. The van der Waals surface area contributed by atoms with E-state index in [1.54, 1.807) is 6.92 Å². The van der Waals surface area contributed by atoms with Gasteiger partial charge in [-0.05, 0) is 12.5 Å². The third-order valence-electron chi connectivity index (χ3n) is 3.53. The van der Waals surface area contributed by atoms with E-state index in [4.69, 9.17) is 15.2 Å². The molecule has 0 unspecified atom stereocenters. The van der Waals surface area contributed by atoms with Gasteiger partial charge < -0.3 is 30.5 Å². The fourth-order valence-electron chi connectivity index (χ4n) is 2.38. The largest absolute Gasteiger partial charge is 0.462 e. The van der Waals surface area contributed by atoms with Gasteiger partial charge in [0.25, 0.3) is 5.72 Å². The number of hydrogen-bond acceptors (Lipinski definition) is 9. The highest BCUT2D eigenvalue weighted by Crippen LogP contribution is 2.36. The molecule has 10 heteroatoms. The monoisotopic (exact) mass is 329 g/mol. The predicted octanol–water partition coefficient (Wildman–Crippen LogP) is -2.46. The molecule has 4 atom stereocenters. The van der Waals surface area contributed by atoms with Gasteiger partial charge in [-0.3, -0.25) is 4.57 Å². The van der Waals surface area contributed by atoms with Gasteiger partial charge in [0.1, 0.15) is 24.1 Å². The SMILES string of the molecule is CCCOC(=O)[C@@]1(n2ccc(N)nc2=O)O[C@H](CO)[C@@H](O)[C@H]1O. The van der Waals surface area contributed by atoms with Crippen LogP contribution in [0.4, 0.5) is 5.82 Å². The van der Waals surface area contributed by atoms with Crippen LogP contribution >= 0.6 is 0 Å². The second-order valence-electron chi connectivity index (χ2n) is 5.11. The number of carbonyl (C=O) groups is 1. The molecule has 1 aromatic heterocycles. The van der Waals surface area contributed by atoms with Crippen LogP contribution < -0.4 is 11.4 Å². The number of nitrogen functional groups attached to an aromatic ring is 1. The van der Waals surface area contributed by atoms with E-state index in [-0.39, 0.29) is 12.4 Å². The van der Waals surface area contributed by atoms with Crippen molar-refractivity contribution < 1.29 is 29.6 Å². The number of anilines is 1. The molecular weight excluding hydrogens is 310 g/mol. The molecule has 0 saturated carbocycles. The van der Waals surface area contributed by atoms with E-state index in [1.807, 2.05) is 0 Å². The van der Waals surface area contributed by atoms with Gasteiger partial charge in [-0.25, -0.2) is 9.59 Å². The van der Waals surface area contributed by atoms with Crippen LogP contribution in [0.15, 0.2) is 17.1 Å². The Morgan fingerprint density at radius 2 is 2.26 bits per heavy atom. The first kappa shape index (κ1) is 17.3. The third kappa shape index (κ3) is 2.81. The van der Waals surface area contributed by atoms with Crippen LogP contribution in [0, 0.1) is 0 Å². The summed E-state index contributed by atoms with van der Waals surface area (Å²) in [6, 6.07) is 1.23. The van der Waals surface area contributed by atoms with Crippen LogP contribution in [0.5, 0.6) is 0 Å². The molecule has 0 spiro atoms. The lowest BCUT2D eigenvalue weighted by atomic mass is 10.0. The smallest absolute Gasteiger partial charge is 0.363 e. The van der Waals surface area contributed by atoms with Crippen LogP contribution in [0.2, 0.25) is 0 Å². The number of nitrogens with two attached hydrogens (primary N) is 1. The molecule has 0 aliphatic carbocycles. The number of nitrogens with zero attached hydrogens (tertiary/aromatic N) is 2. The predicted molar refractivity (Wildman–Crippen MR) is 76.1 cm³/mol. The first-order valence-corrected chi connectivity index (χ1v) is 7.06. The minimum absolute atomic E-state index is 0.0215. The van der Waals surface area contributed by atoms with Crippen molar-refractivity contribution in [3.05, 3.63) is 22.7 Å². The van der Waals surface area contributed by atoms with Crippen molar-refractivity contribution in [2.45, 2.75) is 37.4 Å². The zero-order chi connectivity index (χ0) is 17.2. The number of ether oxygens (including phenoxy) is 2. The van der Waals surface area contributed by atoms with Gasteiger partial charge in [0.15, 0.2) is 0 Å². The molecule has 0 bridgehead atoms. The minimum Gasteiger partial charge on any atom is -0.462 e. The molecule has 1 aliphatic heterocycles. The van der Waals surface area contributed by atoms with Crippen LogP contribution in [-0.4, -0.2) is 62.4 Å². The van der Waals surface area contributed by atoms with Gasteiger partial charge in [0.05, 0.1) is 13.2 Å². The zero-order valence-corrected chi connectivity index (χ0v) is 12.5. The number of aliphatic hydroxyl groups is 3. The highest BCUT2D eigenvalue weighted by molar-refractivity contribution is 5.78. The van der Waals surface area contributed by atoms with E-state index < -0.39 is 42.3 Å². The summed E-state index contributed by atoms with van der Waals surface area (Å²) < 4.78 is 11.0. The Morgan fingerprint density at radius 3 is 2.78 bits per heavy atom. The van der Waals surface area contributed by atoms with E-state index in [1.165, 1.54) is 6.07 Å². The highest BCUT2D eigenvalue weighted by Gasteiger charge is 2.62. The second-order valence-corrected chi connectivity index (χ2v) is 5.11. The standard InChI is InChI=1S/C13H19N3O7/c1-2-5-22-11(20)13(10(19)9(18)7(6-17)23-13)16-4-3-8(14)15-12(16)21/h3-4,7,9-10,17-19H,2,5-6H2,1H3,(H2,14,15,21)/t7-,9-,10-,13+/m1/s1. The number of esters is 1. The molecule has 1 saturated heterocycles. The molecule has 1 aromatic rings. The van der Waals surface area contributed by atoms with E-state index in [0.29, 0.717) is 11.0 Å². The van der Waals surface area contributed by atoms with E-state index >= 15 is 0 Å². The lowest BCUT2D eigenvalue weighted by molar-refractivity contribution is -0.202. The summed E-state index contributed by atoms with van der Waals surface area (Å²) in [4.78, 5) is 28.0. The second kappa shape index (κ2) is 6.62. The molecule has 0 radical (unpaired) electrons. The van der Waals surface area contributed by atoms with Gasteiger partial charge in [0.2, 0.25) is 0 Å². The maximum Gasteiger partial charge on any atom is 0.363 e. The first-order valence-electron chi connectivity index (χ1n) is 7.06. The van der Waals surface area contributed by atoms with Crippen LogP contribution in [-0.2, 0) is 20.0 Å². The molecule has 0 amide bonds. The molecule has 2 heterocycles. The van der Waals surface area contributed by atoms with Crippen molar-refractivity contribution >= 4 is 11.8 Å². The molecule has 2 rings (SSSR count). The number of aromatic nitrogens is 2. The average molecular weight is 329 g/mol. The lowest BCUT2D eigenvalue weighted by Gasteiger charge is -2.31. The highest BCUT2D eigenvalue weighted by atomic mass is 16.6. The van der Waals surface area contributed by atoms with Crippen molar-refractivity contribution in [1.29, 1.82) is 0 Å². The maximum atomic E-state index is 12.5. The van der Waals surface area contributed by atoms with E-state index in [9.17, 15) is 24.9 Å². The Balaban J connectivity index is 2.56. The topological polar surface area (TPSA) is 157 Å². The Morgan fingerprint density at radius 1 is 1.57 bits per heavy atom. The molecule has 23 heavy (non-hydrogen) atoms. The van der Waals surface area contributed by atoms with Gasteiger partial charge in [-0.15, -0.1) is 0 Å². The zero-order valence-electron chi connectivity index (χ0n) is 12.5. The van der Waals surface area contributed by atoms with Gasteiger partial charge in [0, 0.05) is 6.20 Å². The Kier molecular flexibility index (Phi) is 5.00. The van der Waals surface area contributed by atoms with Crippen LogP contribution in [0.25, 0.3) is 0 Å². The van der Waals surface area contributed by atoms with Crippen molar-refractivity contribution in [1.82, 2.24) is 9.55 Å². The lowest BCUT2D eigenvalue weighted by Crippen LogP contribution is -2.56. The first-order chi connectivity index (χ1) is 10.9. The van der Waals surface area contributed by atoms with E-state index in [0.717, 1.165) is 6.20 Å². The summed E-state index contributed by atoms with van der Waals surface area (Å²) in [5, 5.41) is 29.5. The normalized spacial score (nSPS) is 30.3. The maximum absolute atomic E-state index is 12.5. The van der Waals surface area contributed by atoms with Gasteiger partial charge in [-0.1, -0.05) is 6.92 Å². The van der Waals surface area contributed by atoms with Gasteiger partial charge in [-0.2, -0.15) is 4.98 Å². The Bertz CT molecular complexity index is 634. The summed E-state index contributed by atoms with van der Waals surface area (Å²) in [6.45, 7) is 1.11. The summed E-state index contributed by atoms with van der Waals surface area (Å²) in [7, 11) is 0. The van der Waals surface area contributed by atoms with Crippen molar-refractivity contribution in [2.75, 3.05) is 18.9 Å². The van der Waals surface area contributed by atoms with Crippen LogP contribution in [0.3, 0.4) is 0 Å². The van der Waals surface area contributed by atoms with Crippen LogP contribution in [0.1, 0.15) is 13.3 Å². The van der Waals surface area contributed by atoms with Crippen molar-refractivity contribution in [2.24, 2.45) is 0 Å². The fraction of sp³-hybridized carbons (Fsp3) is 0.615.